The molecular weight excluding hydrogens is 372 g/mol. The molecule has 0 saturated carbocycles. The Morgan fingerprint density at radius 2 is 2.14 bits per heavy atom. The van der Waals surface area contributed by atoms with E-state index in [-0.39, 0.29) is 29.9 Å². The van der Waals surface area contributed by atoms with E-state index < -0.39 is 8.32 Å². The van der Waals surface area contributed by atoms with Crippen molar-refractivity contribution in [3.8, 4) is 0 Å². The predicted octanol–water partition coefficient (Wildman–Crippen LogP) is 3.96. The molecule has 1 aliphatic rings. The normalized spacial score (nSPS) is 20.3. The Hall–Kier alpha value is -1.86. The molecule has 0 aromatic carbocycles. The van der Waals surface area contributed by atoms with E-state index in [0.717, 1.165) is 16.7 Å². The van der Waals surface area contributed by atoms with Crippen molar-refractivity contribution in [2.45, 2.75) is 70.8 Å². The highest BCUT2D eigenvalue weighted by atomic mass is 28.4. The highest BCUT2D eigenvalue weighted by molar-refractivity contribution is 6.74. The average Bonchev–Trinajstić information content (AvgIpc) is 2.96. The molecular formula is C21H34N2O4Si. The van der Waals surface area contributed by atoms with Crippen LogP contribution in [0.4, 0.5) is 4.79 Å². The molecule has 0 radical (unpaired) electrons. The minimum atomic E-state index is -1.94. The van der Waals surface area contributed by atoms with Gasteiger partial charge in [-0.1, -0.05) is 33.4 Å². The fourth-order valence-electron chi connectivity index (χ4n) is 3.24. The van der Waals surface area contributed by atoms with Crippen molar-refractivity contribution in [3.05, 3.63) is 47.4 Å². The van der Waals surface area contributed by atoms with Gasteiger partial charge in [0, 0.05) is 31.6 Å². The molecule has 156 valence electrons. The summed E-state index contributed by atoms with van der Waals surface area (Å²) in [4.78, 5) is 14.4. The van der Waals surface area contributed by atoms with Crippen LogP contribution in [0.5, 0.6) is 0 Å². The van der Waals surface area contributed by atoms with Crippen molar-refractivity contribution in [3.63, 3.8) is 0 Å². The van der Waals surface area contributed by atoms with Gasteiger partial charge in [-0.15, -0.1) is 0 Å². The molecule has 0 N–H and O–H groups in total. The number of carbonyl (C=O) groups excluding carboxylic acids is 1. The number of amides is 1. The van der Waals surface area contributed by atoms with E-state index in [1.54, 1.807) is 17.9 Å². The number of pyridine rings is 1. The third-order valence-electron chi connectivity index (χ3n) is 5.84. The van der Waals surface area contributed by atoms with Gasteiger partial charge in [0.1, 0.15) is 6.61 Å². The number of likely N-dealkylation sites (tertiary alicyclic amines) is 1. The highest BCUT2D eigenvalue weighted by Gasteiger charge is 2.44. The van der Waals surface area contributed by atoms with E-state index in [2.05, 4.69) is 40.4 Å². The first-order chi connectivity index (χ1) is 12.9. The van der Waals surface area contributed by atoms with E-state index in [9.17, 15) is 10.0 Å². The quantitative estimate of drug-likeness (QED) is 0.310. The second-order valence-electron chi connectivity index (χ2n) is 9.11. The summed E-state index contributed by atoms with van der Waals surface area (Å²) in [5, 5.41) is 11.7. The fourth-order valence-corrected chi connectivity index (χ4v) is 4.60. The molecule has 1 fully saturated rings. The first-order valence-electron chi connectivity index (χ1n) is 9.85. The van der Waals surface area contributed by atoms with Crippen molar-refractivity contribution in [2.24, 2.45) is 0 Å². The molecule has 2 heterocycles. The topological polar surface area (TPSA) is 65.7 Å². The fraction of sp³-hybridized carbons (Fsp3) is 0.619. The van der Waals surface area contributed by atoms with E-state index in [4.69, 9.17) is 9.16 Å². The molecule has 6 nitrogen and oxygen atoms in total. The molecule has 0 spiro atoms. The zero-order valence-corrected chi connectivity index (χ0v) is 19.0. The third-order valence-corrected chi connectivity index (χ3v) is 10.4. The van der Waals surface area contributed by atoms with Crippen molar-refractivity contribution < 1.29 is 18.7 Å². The summed E-state index contributed by atoms with van der Waals surface area (Å²) >= 11 is 0. The summed E-state index contributed by atoms with van der Waals surface area (Å²) in [5.41, 5.74) is 1.68. The van der Waals surface area contributed by atoms with Crippen LogP contribution >= 0.6 is 0 Å². The molecule has 2 rings (SSSR count). The van der Waals surface area contributed by atoms with E-state index in [1.807, 2.05) is 12.1 Å². The number of hydrogen-bond acceptors (Lipinski definition) is 4. The lowest BCUT2D eigenvalue weighted by Gasteiger charge is -2.38. The third kappa shape index (κ3) is 5.35. The Labute approximate surface area is 169 Å². The van der Waals surface area contributed by atoms with E-state index >= 15 is 0 Å². The molecule has 2 atom stereocenters. The monoisotopic (exact) mass is 406 g/mol. The zero-order valence-electron chi connectivity index (χ0n) is 18.0. The van der Waals surface area contributed by atoms with Gasteiger partial charge in [-0.25, -0.2) is 4.79 Å². The van der Waals surface area contributed by atoms with Crippen LogP contribution in [0.2, 0.25) is 18.1 Å². The minimum absolute atomic E-state index is 0.00331. The van der Waals surface area contributed by atoms with E-state index in [1.165, 1.54) is 6.20 Å². The zero-order chi connectivity index (χ0) is 21.1. The van der Waals surface area contributed by atoms with Gasteiger partial charge < -0.3 is 19.3 Å². The van der Waals surface area contributed by atoms with Crippen LogP contribution in [0.15, 0.2) is 31.0 Å². The number of carbonyl (C=O) groups is 1. The standard InChI is InChI=1S/C21H34N2O4Si/c1-8-11-26-20(24)22-15-19(27-28(6,7)21(3,4)5)14-18(22)13-17-9-10-23(25)16(2)12-17/h8-10,12,18-19H,1,11,13-15H2,2-7H3/t18-,19-/m1/s1. The first kappa shape index (κ1) is 22.4. The Bertz CT molecular complexity index is 715. The lowest BCUT2D eigenvalue weighted by molar-refractivity contribution is -0.612. The maximum absolute atomic E-state index is 12.6. The smallest absolute Gasteiger partial charge is 0.410 e. The SMILES string of the molecule is C=CCOC(=O)N1C[C@H](O[Si](C)(C)C(C)(C)C)C[C@H]1Cc1cc[n+]([O-])c(C)c1. The molecule has 1 saturated heterocycles. The second-order valence-corrected chi connectivity index (χ2v) is 13.9. The number of aryl methyl sites for hydroxylation is 1. The average molecular weight is 407 g/mol. The molecule has 0 bridgehead atoms. The molecule has 1 aromatic rings. The Kier molecular flexibility index (Phi) is 6.93. The Balaban J connectivity index is 2.17. The molecule has 0 unspecified atom stereocenters. The van der Waals surface area contributed by atoms with E-state index in [0.29, 0.717) is 18.7 Å². The van der Waals surface area contributed by atoms with Crippen LogP contribution in [0, 0.1) is 12.1 Å². The van der Waals surface area contributed by atoms with Crippen LogP contribution in [-0.2, 0) is 15.6 Å². The van der Waals surface area contributed by atoms with Gasteiger partial charge in [-0.2, -0.15) is 4.73 Å². The van der Waals surface area contributed by atoms with Gasteiger partial charge in [0.2, 0.25) is 0 Å². The lowest BCUT2D eigenvalue weighted by Crippen LogP contribution is -2.44. The van der Waals surface area contributed by atoms with Crippen LogP contribution < -0.4 is 4.73 Å². The second kappa shape index (κ2) is 8.65. The minimum Gasteiger partial charge on any atom is -0.619 e. The van der Waals surface area contributed by atoms with Gasteiger partial charge in [-0.3, -0.25) is 0 Å². The summed E-state index contributed by atoms with van der Waals surface area (Å²) < 4.78 is 12.7. The van der Waals surface area contributed by atoms with Crippen LogP contribution in [0.25, 0.3) is 0 Å². The number of rotatable bonds is 6. The van der Waals surface area contributed by atoms with Gasteiger partial charge in [-0.05, 0) is 36.5 Å². The van der Waals surface area contributed by atoms with Gasteiger partial charge in [0.25, 0.3) is 0 Å². The summed E-state index contributed by atoms with van der Waals surface area (Å²) in [5.74, 6) is 0. The van der Waals surface area contributed by atoms with Crippen molar-refractivity contribution in [1.29, 1.82) is 0 Å². The number of ether oxygens (including phenoxy) is 1. The van der Waals surface area contributed by atoms with Crippen molar-refractivity contribution in [1.82, 2.24) is 4.90 Å². The Morgan fingerprint density at radius 3 is 2.71 bits per heavy atom. The summed E-state index contributed by atoms with van der Waals surface area (Å²) in [7, 11) is -1.94. The predicted molar refractivity (Wildman–Crippen MR) is 113 cm³/mol. The number of nitrogens with zero attached hydrogens (tertiary/aromatic N) is 2. The van der Waals surface area contributed by atoms with Gasteiger partial charge in [0.05, 0.1) is 6.10 Å². The maximum Gasteiger partial charge on any atom is 0.410 e. The van der Waals surface area contributed by atoms with Gasteiger partial charge >= 0.3 is 6.09 Å². The van der Waals surface area contributed by atoms with Crippen molar-refractivity contribution in [2.75, 3.05) is 13.2 Å². The molecule has 28 heavy (non-hydrogen) atoms. The summed E-state index contributed by atoms with van der Waals surface area (Å²) in [6.45, 7) is 17.2. The molecule has 1 aliphatic heterocycles. The summed E-state index contributed by atoms with van der Waals surface area (Å²) in [6, 6.07) is 3.67. The first-order valence-corrected chi connectivity index (χ1v) is 12.8. The number of hydrogen-bond donors (Lipinski definition) is 0. The number of aromatic nitrogens is 1. The van der Waals surface area contributed by atoms with Crippen LogP contribution in [0.3, 0.4) is 0 Å². The molecule has 7 heteroatoms. The largest absolute Gasteiger partial charge is 0.619 e. The highest BCUT2D eigenvalue weighted by Crippen LogP contribution is 2.39. The van der Waals surface area contributed by atoms with Crippen LogP contribution in [0.1, 0.15) is 38.4 Å². The molecule has 1 aromatic heterocycles. The Morgan fingerprint density at radius 1 is 1.46 bits per heavy atom. The maximum atomic E-state index is 12.6. The summed E-state index contributed by atoms with van der Waals surface area (Å²) in [6.07, 6.45) is 4.18. The van der Waals surface area contributed by atoms with Crippen molar-refractivity contribution >= 4 is 14.4 Å². The molecule has 0 aliphatic carbocycles. The van der Waals surface area contributed by atoms with Crippen LogP contribution in [-0.4, -0.2) is 44.6 Å². The lowest BCUT2D eigenvalue weighted by atomic mass is 10.0. The van der Waals surface area contributed by atoms with Gasteiger partial charge in [0.15, 0.2) is 20.2 Å². The molecule has 1 amide bonds.